The Morgan fingerprint density at radius 3 is 2.22 bits per heavy atom. The molecule has 0 spiro atoms. The van der Waals surface area contributed by atoms with Gasteiger partial charge in [-0.2, -0.15) is 0 Å². The van der Waals surface area contributed by atoms with Gasteiger partial charge in [0.1, 0.15) is 0 Å². The molecule has 1 N–H and O–H groups in total. The van der Waals surface area contributed by atoms with E-state index in [4.69, 9.17) is 9.47 Å². The predicted molar refractivity (Wildman–Crippen MR) is 89.3 cm³/mol. The van der Waals surface area contributed by atoms with Crippen molar-refractivity contribution in [2.75, 3.05) is 14.2 Å². The number of sulfonamides is 1. The molecule has 0 bridgehead atoms. The predicted octanol–water partition coefficient (Wildman–Crippen LogP) is 3.13. The van der Waals surface area contributed by atoms with E-state index in [0.717, 1.165) is 5.56 Å². The molecule has 2 aromatic rings. The van der Waals surface area contributed by atoms with Crippen LogP contribution in [-0.4, -0.2) is 22.6 Å². The van der Waals surface area contributed by atoms with Crippen LogP contribution in [0.15, 0.2) is 53.4 Å². The zero-order valence-electron chi connectivity index (χ0n) is 13.4. The lowest BCUT2D eigenvalue weighted by Gasteiger charge is -2.18. The minimum Gasteiger partial charge on any atom is -0.493 e. The fourth-order valence-corrected chi connectivity index (χ4v) is 3.63. The van der Waals surface area contributed by atoms with E-state index in [1.807, 2.05) is 37.3 Å². The highest BCUT2D eigenvalue weighted by molar-refractivity contribution is 7.89. The Bertz CT molecular complexity index is 744. The number of benzene rings is 2. The van der Waals surface area contributed by atoms with Gasteiger partial charge in [-0.3, -0.25) is 0 Å². The highest BCUT2D eigenvalue weighted by Crippen LogP contribution is 2.30. The van der Waals surface area contributed by atoms with Crippen LogP contribution in [0.5, 0.6) is 11.5 Å². The number of rotatable bonds is 7. The molecule has 0 aliphatic carbocycles. The van der Waals surface area contributed by atoms with E-state index in [1.165, 1.54) is 26.4 Å². The summed E-state index contributed by atoms with van der Waals surface area (Å²) in [6.07, 6.45) is 0.649. The van der Waals surface area contributed by atoms with Gasteiger partial charge in [-0.1, -0.05) is 37.3 Å². The summed E-state index contributed by atoms with van der Waals surface area (Å²) in [6, 6.07) is 13.8. The molecule has 0 fully saturated rings. The van der Waals surface area contributed by atoms with Crippen LogP contribution < -0.4 is 14.2 Å². The quantitative estimate of drug-likeness (QED) is 0.844. The molecule has 0 unspecified atom stereocenters. The van der Waals surface area contributed by atoms with Gasteiger partial charge in [0.05, 0.1) is 19.1 Å². The number of hydrogen-bond acceptors (Lipinski definition) is 4. The summed E-state index contributed by atoms with van der Waals surface area (Å²) in [5.74, 6) is 0.865. The van der Waals surface area contributed by atoms with E-state index >= 15 is 0 Å². The second-order valence-corrected chi connectivity index (χ2v) is 6.72. The zero-order valence-corrected chi connectivity index (χ0v) is 14.3. The molecule has 1 atom stereocenters. The van der Waals surface area contributed by atoms with Gasteiger partial charge in [0.15, 0.2) is 11.5 Å². The molecule has 2 aromatic carbocycles. The van der Waals surface area contributed by atoms with Gasteiger partial charge in [-0.25, -0.2) is 13.1 Å². The van der Waals surface area contributed by atoms with Gasteiger partial charge in [-0.15, -0.1) is 0 Å². The minimum atomic E-state index is -3.66. The maximum Gasteiger partial charge on any atom is 0.241 e. The molecule has 0 aromatic heterocycles. The smallest absolute Gasteiger partial charge is 0.241 e. The summed E-state index contributed by atoms with van der Waals surface area (Å²) < 4.78 is 38.3. The Morgan fingerprint density at radius 2 is 1.65 bits per heavy atom. The normalized spacial score (nSPS) is 12.7. The molecule has 0 heterocycles. The molecule has 0 aliphatic rings. The first kappa shape index (κ1) is 17.3. The Balaban J connectivity index is 2.31. The summed E-state index contributed by atoms with van der Waals surface area (Å²) >= 11 is 0. The summed E-state index contributed by atoms with van der Waals surface area (Å²) in [6.45, 7) is 1.94. The first-order chi connectivity index (χ1) is 11.0. The van der Waals surface area contributed by atoms with E-state index in [2.05, 4.69) is 4.72 Å². The second kappa shape index (κ2) is 7.48. The van der Waals surface area contributed by atoms with Crippen molar-refractivity contribution in [1.29, 1.82) is 0 Å². The maximum absolute atomic E-state index is 12.6. The molecule has 2 rings (SSSR count). The maximum atomic E-state index is 12.6. The fourth-order valence-electron chi connectivity index (χ4n) is 2.31. The zero-order chi connectivity index (χ0) is 16.9. The third kappa shape index (κ3) is 4.03. The van der Waals surface area contributed by atoms with Gasteiger partial charge in [0.25, 0.3) is 0 Å². The SMILES string of the molecule is CC[C@H](NS(=O)(=O)c1ccc(OC)c(OC)c1)c1ccccc1. The lowest BCUT2D eigenvalue weighted by molar-refractivity contribution is 0.354. The van der Waals surface area contributed by atoms with E-state index in [-0.39, 0.29) is 10.9 Å². The Morgan fingerprint density at radius 1 is 1.00 bits per heavy atom. The highest BCUT2D eigenvalue weighted by Gasteiger charge is 2.21. The van der Waals surface area contributed by atoms with Crippen LogP contribution in [0.2, 0.25) is 0 Å². The average molecular weight is 335 g/mol. The van der Waals surface area contributed by atoms with Crippen LogP contribution in [0.3, 0.4) is 0 Å². The van der Waals surface area contributed by atoms with Crippen molar-refractivity contribution in [3.05, 3.63) is 54.1 Å². The van der Waals surface area contributed by atoms with Crippen molar-refractivity contribution in [3.63, 3.8) is 0 Å². The van der Waals surface area contributed by atoms with Gasteiger partial charge in [0.2, 0.25) is 10.0 Å². The molecule has 6 heteroatoms. The molecule has 0 aliphatic heterocycles. The minimum absolute atomic E-state index is 0.143. The van der Waals surface area contributed by atoms with E-state index in [1.54, 1.807) is 6.07 Å². The van der Waals surface area contributed by atoms with Crippen molar-refractivity contribution >= 4 is 10.0 Å². The lowest BCUT2D eigenvalue weighted by Crippen LogP contribution is -2.28. The third-order valence-electron chi connectivity index (χ3n) is 3.57. The number of ether oxygens (including phenoxy) is 2. The van der Waals surface area contributed by atoms with Gasteiger partial charge in [-0.05, 0) is 24.1 Å². The summed E-state index contributed by atoms with van der Waals surface area (Å²) in [4.78, 5) is 0.143. The van der Waals surface area contributed by atoms with Gasteiger partial charge in [0, 0.05) is 12.1 Å². The van der Waals surface area contributed by atoms with Crippen LogP contribution in [0.4, 0.5) is 0 Å². The molecule has 5 nitrogen and oxygen atoms in total. The van der Waals surface area contributed by atoms with Crippen LogP contribution in [0, 0.1) is 0 Å². The molecular formula is C17H21NO4S. The topological polar surface area (TPSA) is 64.6 Å². The van der Waals surface area contributed by atoms with Crippen molar-refractivity contribution in [3.8, 4) is 11.5 Å². The van der Waals surface area contributed by atoms with Gasteiger partial charge < -0.3 is 9.47 Å². The van der Waals surface area contributed by atoms with Crippen LogP contribution in [0.25, 0.3) is 0 Å². The van der Waals surface area contributed by atoms with E-state index in [9.17, 15) is 8.42 Å². The summed E-state index contributed by atoms with van der Waals surface area (Å²) in [7, 11) is -0.683. The summed E-state index contributed by atoms with van der Waals surface area (Å²) in [5.41, 5.74) is 0.930. The molecule has 0 radical (unpaired) electrons. The van der Waals surface area contributed by atoms with E-state index in [0.29, 0.717) is 17.9 Å². The van der Waals surface area contributed by atoms with Crippen LogP contribution in [-0.2, 0) is 10.0 Å². The first-order valence-corrected chi connectivity index (χ1v) is 8.79. The average Bonchev–Trinajstić information content (AvgIpc) is 2.59. The summed E-state index contributed by atoms with van der Waals surface area (Å²) in [5, 5.41) is 0. The Hall–Kier alpha value is -2.05. The van der Waals surface area contributed by atoms with Crippen LogP contribution >= 0.6 is 0 Å². The van der Waals surface area contributed by atoms with Crippen molar-refractivity contribution < 1.29 is 17.9 Å². The molecule has 23 heavy (non-hydrogen) atoms. The molecule has 0 saturated heterocycles. The standard InChI is InChI=1S/C17H21NO4S/c1-4-15(13-8-6-5-7-9-13)18-23(19,20)14-10-11-16(21-2)17(12-14)22-3/h5-12,15,18H,4H2,1-3H3/t15-/m0/s1. The molecule has 0 amide bonds. The monoisotopic (exact) mass is 335 g/mol. The van der Waals surface area contributed by atoms with Crippen LogP contribution in [0.1, 0.15) is 24.9 Å². The number of hydrogen-bond donors (Lipinski definition) is 1. The molecular weight excluding hydrogens is 314 g/mol. The second-order valence-electron chi connectivity index (χ2n) is 5.01. The van der Waals surface area contributed by atoms with E-state index < -0.39 is 10.0 Å². The van der Waals surface area contributed by atoms with Crippen molar-refractivity contribution in [2.45, 2.75) is 24.3 Å². The van der Waals surface area contributed by atoms with Gasteiger partial charge >= 0.3 is 0 Å². The van der Waals surface area contributed by atoms with Crippen molar-refractivity contribution in [1.82, 2.24) is 4.72 Å². The highest BCUT2D eigenvalue weighted by atomic mass is 32.2. The molecule has 124 valence electrons. The Kier molecular flexibility index (Phi) is 5.63. The fraction of sp³-hybridized carbons (Fsp3) is 0.294. The Labute approximate surface area is 137 Å². The van der Waals surface area contributed by atoms with Crippen molar-refractivity contribution in [2.24, 2.45) is 0 Å². The number of nitrogens with one attached hydrogen (secondary N) is 1. The third-order valence-corrected chi connectivity index (χ3v) is 5.04. The lowest BCUT2D eigenvalue weighted by atomic mass is 10.1. The largest absolute Gasteiger partial charge is 0.493 e. The first-order valence-electron chi connectivity index (χ1n) is 7.31. The number of methoxy groups -OCH3 is 2. The molecule has 0 saturated carbocycles.